The molecule has 2 atom stereocenters. The third kappa shape index (κ3) is 2.74. The van der Waals surface area contributed by atoms with E-state index in [1.54, 1.807) is 0 Å². The summed E-state index contributed by atoms with van der Waals surface area (Å²) >= 11 is 0. The molecule has 0 N–H and O–H groups in total. The van der Waals surface area contributed by atoms with Crippen LogP contribution < -0.4 is 0 Å². The summed E-state index contributed by atoms with van der Waals surface area (Å²) < 4.78 is 11.0. The van der Waals surface area contributed by atoms with E-state index in [1.807, 2.05) is 0 Å². The molecule has 4 heteroatoms. The summed E-state index contributed by atoms with van der Waals surface area (Å²) in [5.41, 5.74) is 0. The maximum atomic E-state index is 5.54. The van der Waals surface area contributed by atoms with Crippen molar-refractivity contribution in [1.82, 2.24) is 0 Å². The highest BCUT2D eigenvalue weighted by molar-refractivity contribution is 5.81. The number of ether oxygens (including phenoxy) is 2. The van der Waals surface area contributed by atoms with E-state index in [9.17, 15) is 0 Å². The van der Waals surface area contributed by atoms with Crippen molar-refractivity contribution in [3.63, 3.8) is 0 Å². The van der Waals surface area contributed by atoms with Crippen LogP contribution in [-0.4, -0.2) is 37.6 Å². The predicted octanol–water partition coefficient (Wildman–Crippen LogP) is 2.04. The first kappa shape index (κ1) is 11.4. The molecule has 0 saturated carbocycles. The monoisotopic (exact) mass is 224 g/mol. The molecule has 90 valence electrons. The zero-order valence-corrected chi connectivity index (χ0v) is 10.1. The topological polar surface area (TPSA) is 43.2 Å². The lowest BCUT2D eigenvalue weighted by molar-refractivity contribution is 0.301. The molecule has 0 radical (unpaired) electrons. The van der Waals surface area contributed by atoms with Crippen molar-refractivity contribution < 1.29 is 9.47 Å². The zero-order chi connectivity index (χ0) is 11.4. The van der Waals surface area contributed by atoms with Gasteiger partial charge in [-0.15, -0.1) is 0 Å². The highest BCUT2D eigenvalue weighted by atomic mass is 16.5. The van der Waals surface area contributed by atoms with Crippen LogP contribution in [0.4, 0.5) is 0 Å². The second-order valence-electron chi connectivity index (χ2n) is 4.40. The van der Waals surface area contributed by atoms with Crippen molar-refractivity contribution in [2.24, 2.45) is 15.9 Å². The van der Waals surface area contributed by atoms with Crippen LogP contribution in [0.25, 0.3) is 0 Å². The summed E-state index contributed by atoms with van der Waals surface area (Å²) in [6.07, 6.45) is 2.98. The van der Waals surface area contributed by atoms with Gasteiger partial charge in [0.25, 0.3) is 0 Å². The highest BCUT2D eigenvalue weighted by Crippen LogP contribution is 2.16. The number of hydrogen-bond acceptors (Lipinski definition) is 4. The molecule has 2 aliphatic rings. The van der Waals surface area contributed by atoms with Gasteiger partial charge in [-0.2, -0.15) is 0 Å². The average molecular weight is 224 g/mol. The molecular weight excluding hydrogens is 204 g/mol. The van der Waals surface area contributed by atoms with E-state index in [2.05, 4.69) is 23.8 Å². The SMILES string of the molecule is CCC1COC(CCC(C)C2=NCCO2)=N1. The Morgan fingerprint density at radius 1 is 1.44 bits per heavy atom. The van der Waals surface area contributed by atoms with E-state index in [0.717, 1.165) is 50.8 Å². The van der Waals surface area contributed by atoms with Gasteiger partial charge in [-0.1, -0.05) is 13.8 Å². The smallest absolute Gasteiger partial charge is 0.186 e. The van der Waals surface area contributed by atoms with E-state index in [4.69, 9.17) is 9.47 Å². The van der Waals surface area contributed by atoms with E-state index in [0.29, 0.717) is 12.0 Å². The minimum absolute atomic E-state index is 0.380. The van der Waals surface area contributed by atoms with Crippen molar-refractivity contribution in [3.8, 4) is 0 Å². The van der Waals surface area contributed by atoms with E-state index < -0.39 is 0 Å². The summed E-state index contributed by atoms with van der Waals surface area (Å²) in [4.78, 5) is 8.84. The number of rotatable bonds is 5. The Kier molecular flexibility index (Phi) is 3.80. The maximum absolute atomic E-state index is 5.54. The summed E-state index contributed by atoms with van der Waals surface area (Å²) in [6, 6.07) is 0.380. The quantitative estimate of drug-likeness (QED) is 0.717. The minimum atomic E-state index is 0.380. The first-order chi connectivity index (χ1) is 7.79. The van der Waals surface area contributed by atoms with Crippen molar-refractivity contribution in [2.45, 2.75) is 39.2 Å². The van der Waals surface area contributed by atoms with Crippen molar-refractivity contribution in [2.75, 3.05) is 19.8 Å². The van der Waals surface area contributed by atoms with Crippen LogP contribution in [0.5, 0.6) is 0 Å². The Morgan fingerprint density at radius 2 is 2.31 bits per heavy atom. The molecule has 0 aromatic heterocycles. The van der Waals surface area contributed by atoms with Crippen LogP contribution in [0.15, 0.2) is 9.98 Å². The molecule has 2 rings (SSSR count). The van der Waals surface area contributed by atoms with E-state index in [1.165, 1.54) is 0 Å². The highest BCUT2D eigenvalue weighted by Gasteiger charge is 2.20. The Bertz CT molecular complexity index is 299. The molecule has 0 aliphatic carbocycles. The molecule has 2 heterocycles. The first-order valence-electron chi connectivity index (χ1n) is 6.16. The van der Waals surface area contributed by atoms with Crippen LogP contribution in [0.2, 0.25) is 0 Å². The fraction of sp³-hybridized carbons (Fsp3) is 0.833. The third-order valence-corrected chi connectivity index (χ3v) is 3.06. The molecular formula is C12H20N2O2. The molecule has 16 heavy (non-hydrogen) atoms. The van der Waals surface area contributed by atoms with Crippen molar-refractivity contribution >= 4 is 11.8 Å². The molecule has 0 aromatic rings. The molecule has 0 saturated heterocycles. The summed E-state index contributed by atoms with van der Waals surface area (Å²) in [5, 5.41) is 0. The van der Waals surface area contributed by atoms with Crippen molar-refractivity contribution in [1.29, 1.82) is 0 Å². The van der Waals surface area contributed by atoms with Gasteiger partial charge < -0.3 is 9.47 Å². The molecule has 0 amide bonds. The predicted molar refractivity (Wildman–Crippen MR) is 64.1 cm³/mol. The fourth-order valence-electron chi connectivity index (χ4n) is 1.93. The Hall–Kier alpha value is -1.06. The first-order valence-corrected chi connectivity index (χ1v) is 6.16. The summed E-state index contributed by atoms with van der Waals surface area (Å²) in [5.74, 6) is 2.21. The van der Waals surface area contributed by atoms with E-state index in [-0.39, 0.29) is 0 Å². The van der Waals surface area contributed by atoms with Gasteiger partial charge in [-0.05, 0) is 12.8 Å². The normalized spacial score (nSPS) is 25.8. The molecule has 2 aliphatic heterocycles. The fourth-order valence-corrected chi connectivity index (χ4v) is 1.93. The average Bonchev–Trinajstić information content (AvgIpc) is 2.96. The molecule has 4 nitrogen and oxygen atoms in total. The van der Waals surface area contributed by atoms with Gasteiger partial charge in [0.1, 0.15) is 13.2 Å². The van der Waals surface area contributed by atoms with Gasteiger partial charge in [0, 0.05) is 12.3 Å². The van der Waals surface area contributed by atoms with Crippen molar-refractivity contribution in [3.05, 3.63) is 0 Å². The van der Waals surface area contributed by atoms with Crippen LogP contribution in [0.1, 0.15) is 33.1 Å². The van der Waals surface area contributed by atoms with Gasteiger partial charge in [-0.25, -0.2) is 4.99 Å². The van der Waals surface area contributed by atoms with Gasteiger partial charge in [0.05, 0.1) is 12.6 Å². The standard InChI is InChI=1S/C12H20N2O2/c1-3-10-8-16-11(14-10)5-4-9(2)12-13-6-7-15-12/h9-10H,3-8H2,1-2H3. The van der Waals surface area contributed by atoms with E-state index >= 15 is 0 Å². The van der Waals surface area contributed by atoms with Crippen LogP contribution in [0.3, 0.4) is 0 Å². The molecule has 0 aromatic carbocycles. The van der Waals surface area contributed by atoms with Crippen LogP contribution in [0, 0.1) is 5.92 Å². The number of nitrogens with zero attached hydrogens (tertiary/aromatic N) is 2. The third-order valence-electron chi connectivity index (χ3n) is 3.06. The molecule has 0 spiro atoms. The van der Waals surface area contributed by atoms with Gasteiger partial charge in [0.2, 0.25) is 0 Å². The summed E-state index contributed by atoms with van der Waals surface area (Å²) in [7, 11) is 0. The second kappa shape index (κ2) is 5.32. The Morgan fingerprint density at radius 3 is 2.94 bits per heavy atom. The Balaban J connectivity index is 1.75. The van der Waals surface area contributed by atoms with Gasteiger partial charge >= 0.3 is 0 Å². The number of aliphatic imine (C=N–C) groups is 2. The largest absolute Gasteiger partial charge is 0.479 e. The maximum Gasteiger partial charge on any atom is 0.186 e. The molecule has 2 unspecified atom stereocenters. The Labute approximate surface area is 96.8 Å². The second-order valence-corrected chi connectivity index (χ2v) is 4.40. The minimum Gasteiger partial charge on any atom is -0.479 e. The zero-order valence-electron chi connectivity index (χ0n) is 10.1. The van der Waals surface area contributed by atoms with Gasteiger partial charge in [0.15, 0.2) is 11.8 Å². The lowest BCUT2D eigenvalue weighted by atomic mass is 10.1. The lowest BCUT2D eigenvalue weighted by Crippen LogP contribution is -2.13. The summed E-state index contributed by atoms with van der Waals surface area (Å²) in [6.45, 7) is 6.61. The van der Waals surface area contributed by atoms with Crippen LogP contribution in [-0.2, 0) is 9.47 Å². The van der Waals surface area contributed by atoms with Gasteiger partial charge in [-0.3, -0.25) is 4.99 Å². The molecule has 0 fully saturated rings. The van der Waals surface area contributed by atoms with Crippen LogP contribution >= 0.6 is 0 Å². The molecule has 0 bridgehead atoms. The lowest BCUT2D eigenvalue weighted by Gasteiger charge is -2.10. The number of hydrogen-bond donors (Lipinski definition) is 0.